The zero-order valence-electron chi connectivity index (χ0n) is 10.3. The lowest BCUT2D eigenvalue weighted by atomic mass is 10.0. The molecule has 2 atom stereocenters. The van der Waals surface area contributed by atoms with Gasteiger partial charge in [0.2, 0.25) is 5.91 Å². The monoisotopic (exact) mass is 257 g/mol. The zero-order chi connectivity index (χ0) is 13.0. The highest BCUT2D eigenvalue weighted by molar-refractivity contribution is 5.84. The van der Waals surface area contributed by atoms with E-state index in [1.54, 1.807) is 0 Å². The third-order valence-electron chi connectivity index (χ3n) is 3.41. The molecule has 0 aromatic rings. The summed E-state index contributed by atoms with van der Waals surface area (Å²) < 4.78 is 10.6. The lowest BCUT2D eigenvalue weighted by Gasteiger charge is -2.34. The molecule has 102 valence electrons. The molecule has 0 unspecified atom stereocenters. The topological polar surface area (TPSA) is 76.1 Å². The number of rotatable bonds is 3. The summed E-state index contributed by atoms with van der Waals surface area (Å²) in [4.78, 5) is 24.6. The second-order valence-corrected chi connectivity index (χ2v) is 4.71. The summed E-state index contributed by atoms with van der Waals surface area (Å²) >= 11 is 0. The van der Waals surface area contributed by atoms with Gasteiger partial charge in [0, 0.05) is 13.2 Å². The lowest BCUT2D eigenvalue weighted by Crippen LogP contribution is -2.53. The van der Waals surface area contributed by atoms with Gasteiger partial charge in [0.1, 0.15) is 0 Å². The van der Waals surface area contributed by atoms with E-state index in [0.29, 0.717) is 19.8 Å². The largest absolute Gasteiger partial charge is 0.480 e. The number of hydrogen-bond acceptors (Lipinski definition) is 4. The molecule has 2 rings (SSSR count). The minimum atomic E-state index is -1.01. The third-order valence-corrected chi connectivity index (χ3v) is 3.41. The fraction of sp³-hybridized carbons (Fsp3) is 0.833. The van der Waals surface area contributed by atoms with E-state index >= 15 is 0 Å². The Morgan fingerprint density at radius 1 is 1.28 bits per heavy atom. The minimum Gasteiger partial charge on any atom is -0.480 e. The Balaban J connectivity index is 1.91. The number of carbonyl (C=O) groups is 2. The maximum Gasteiger partial charge on any atom is 0.328 e. The van der Waals surface area contributed by atoms with Crippen LogP contribution in [0.4, 0.5) is 0 Å². The Labute approximate surface area is 106 Å². The van der Waals surface area contributed by atoms with Gasteiger partial charge in [-0.05, 0) is 19.3 Å². The molecule has 2 saturated heterocycles. The molecular formula is C12H19NO5. The molecule has 0 aliphatic carbocycles. The summed E-state index contributed by atoms with van der Waals surface area (Å²) in [6.07, 6.45) is 3.23. The Morgan fingerprint density at radius 2 is 2.11 bits per heavy atom. The second-order valence-electron chi connectivity index (χ2n) is 4.71. The summed E-state index contributed by atoms with van der Waals surface area (Å²) in [7, 11) is 0. The van der Waals surface area contributed by atoms with Gasteiger partial charge in [-0.2, -0.15) is 0 Å². The molecule has 1 N–H and O–H groups in total. The average molecular weight is 257 g/mol. The van der Waals surface area contributed by atoms with Crippen LogP contribution < -0.4 is 0 Å². The van der Waals surface area contributed by atoms with Crippen molar-refractivity contribution < 1.29 is 24.2 Å². The SMILES string of the molecule is O=C(O)[C@@H]1COCCN1C(=O)C[C@@H]1CCCCO1. The molecule has 6 nitrogen and oxygen atoms in total. The van der Waals surface area contributed by atoms with E-state index in [0.717, 1.165) is 19.3 Å². The quantitative estimate of drug-likeness (QED) is 0.784. The van der Waals surface area contributed by atoms with Crippen LogP contribution in [0.5, 0.6) is 0 Å². The highest BCUT2D eigenvalue weighted by atomic mass is 16.5. The number of carboxylic acids is 1. The number of morpholine rings is 1. The molecule has 2 aliphatic rings. The fourth-order valence-electron chi connectivity index (χ4n) is 2.39. The summed E-state index contributed by atoms with van der Waals surface area (Å²) in [6, 6.07) is -0.852. The predicted octanol–water partition coefficient (Wildman–Crippen LogP) is 0.258. The molecule has 2 heterocycles. The number of hydrogen-bond donors (Lipinski definition) is 1. The standard InChI is InChI=1S/C12H19NO5/c14-11(7-9-3-1-2-5-18-9)13-4-6-17-8-10(13)12(15)16/h9-10H,1-8H2,(H,15,16)/t9-,10-/m0/s1. The molecule has 0 saturated carbocycles. The van der Waals surface area contributed by atoms with E-state index < -0.39 is 12.0 Å². The van der Waals surface area contributed by atoms with Crippen LogP contribution in [0.15, 0.2) is 0 Å². The van der Waals surface area contributed by atoms with Crippen LogP contribution in [-0.2, 0) is 19.1 Å². The summed E-state index contributed by atoms with van der Waals surface area (Å²) in [5.74, 6) is -1.15. The molecule has 0 aromatic carbocycles. The number of carboxylic acid groups (broad SMARTS) is 1. The molecule has 1 amide bonds. The number of ether oxygens (including phenoxy) is 2. The summed E-state index contributed by atoms with van der Waals surface area (Å²) in [5.41, 5.74) is 0. The van der Waals surface area contributed by atoms with Crippen LogP contribution in [0, 0.1) is 0 Å². The number of nitrogens with zero attached hydrogens (tertiary/aromatic N) is 1. The fourth-order valence-corrected chi connectivity index (χ4v) is 2.39. The average Bonchev–Trinajstić information content (AvgIpc) is 2.40. The van der Waals surface area contributed by atoms with Gasteiger partial charge in [-0.1, -0.05) is 0 Å². The molecule has 2 aliphatic heterocycles. The zero-order valence-corrected chi connectivity index (χ0v) is 10.3. The van der Waals surface area contributed by atoms with E-state index in [2.05, 4.69) is 0 Å². The molecule has 2 fully saturated rings. The van der Waals surface area contributed by atoms with Crippen LogP contribution in [0.1, 0.15) is 25.7 Å². The third kappa shape index (κ3) is 3.20. The predicted molar refractivity (Wildman–Crippen MR) is 62.2 cm³/mol. The van der Waals surface area contributed by atoms with Crippen molar-refractivity contribution >= 4 is 11.9 Å². The number of amides is 1. The lowest BCUT2D eigenvalue weighted by molar-refractivity contribution is -0.159. The van der Waals surface area contributed by atoms with Gasteiger partial charge in [-0.25, -0.2) is 4.79 Å². The van der Waals surface area contributed by atoms with Gasteiger partial charge in [0.15, 0.2) is 6.04 Å². The van der Waals surface area contributed by atoms with Crippen molar-refractivity contribution in [1.82, 2.24) is 4.90 Å². The minimum absolute atomic E-state index is 0.0523. The highest BCUT2D eigenvalue weighted by Gasteiger charge is 2.33. The first-order valence-corrected chi connectivity index (χ1v) is 6.40. The van der Waals surface area contributed by atoms with E-state index in [1.165, 1.54) is 4.90 Å². The van der Waals surface area contributed by atoms with E-state index in [1.807, 2.05) is 0 Å². The van der Waals surface area contributed by atoms with Crippen molar-refractivity contribution in [2.45, 2.75) is 37.8 Å². The van der Waals surface area contributed by atoms with Crippen LogP contribution in [-0.4, -0.2) is 60.4 Å². The summed E-state index contributed by atoms with van der Waals surface area (Å²) in [6.45, 7) is 1.53. The van der Waals surface area contributed by atoms with E-state index in [4.69, 9.17) is 14.6 Å². The molecule has 0 bridgehead atoms. The van der Waals surface area contributed by atoms with Crippen molar-refractivity contribution in [3.8, 4) is 0 Å². The smallest absolute Gasteiger partial charge is 0.328 e. The Hall–Kier alpha value is -1.14. The first kappa shape index (κ1) is 13.3. The Morgan fingerprint density at radius 3 is 2.78 bits per heavy atom. The van der Waals surface area contributed by atoms with Crippen molar-refractivity contribution in [1.29, 1.82) is 0 Å². The molecule has 0 spiro atoms. The van der Waals surface area contributed by atoms with Crippen LogP contribution >= 0.6 is 0 Å². The summed E-state index contributed by atoms with van der Waals surface area (Å²) in [5, 5.41) is 9.06. The molecular weight excluding hydrogens is 238 g/mol. The molecule has 6 heteroatoms. The first-order valence-electron chi connectivity index (χ1n) is 6.40. The first-order chi connectivity index (χ1) is 8.68. The van der Waals surface area contributed by atoms with E-state index in [-0.39, 0.29) is 25.0 Å². The molecule has 0 aromatic heterocycles. The van der Waals surface area contributed by atoms with Gasteiger partial charge >= 0.3 is 5.97 Å². The maximum atomic E-state index is 12.1. The maximum absolute atomic E-state index is 12.1. The number of aliphatic carboxylic acids is 1. The highest BCUT2D eigenvalue weighted by Crippen LogP contribution is 2.18. The normalized spacial score (nSPS) is 29.0. The van der Waals surface area contributed by atoms with Crippen LogP contribution in [0.3, 0.4) is 0 Å². The number of carbonyl (C=O) groups excluding carboxylic acids is 1. The Kier molecular flexibility index (Phi) is 4.54. The van der Waals surface area contributed by atoms with Gasteiger partial charge < -0.3 is 19.5 Å². The van der Waals surface area contributed by atoms with Crippen molar-refractivity contribution in [3.05, 3.63) is 0 Å². The van der Waals surface area contributed by atoms with Gasteiger partial charge in [0.25, 0.3) is 0 Å². The Bertz CT molecular complexity index is 314. The van der Waals surface area contributed by atoms with Crippen LogP contribution in [0.25, 0.3) is 0 Å². The molecule has 18 heavy (non-hydrogen) atoms. The van der Waals surface area contributed by atoms with Crippen molar-refractivity contribution in [2.75, 3.05) is 26.4 Å². The van der Waals surface area contributed by atoms with Crippen molar-refractivity contribution in [2.24, 2.45) is 0 Å². The van der Waals surface area contributed by atoms with Crippen molar-refractivity contribution in [3.63, 3.8) is 0 Å². The van der Waals surface area contributed by atoms with Gasteiger partial charge in [-0.3, -0.25) is 4.79 Å². The van der Waals surface area contributed by atoms with Crippen LogP contribution in [0.2, 0.25) is 0 Å². The second kappa shape index (κ2) is 6.15. The van der Waals surface area contributed by atoms with Gasteiger partial charge in [0.05, 0.1) is 25.7 Å². The molecule has 0 radical (unpaired) electrons. The van der Waals surface area contributed by atoms with E-state index in [9.17, 15) is 9.59 Å². The van der Waals surface area contributed by atoms with Gasteiger partial charge in [-0.15, -0.1) is 0 Å².